The number of nitrogens with zero attached hydrogens (tertiary/aromatic N) is 1. The smallest absolute Gasteiger partial charge is 0.230 e. The molecule has 0 bridgehead atoms. The first-order valence-corrected chi connectivity index (χ1v) is 2.92. The van der Waals surface area contributed by atoms with Crippen LogP contribution in [0, 0.1) is 0 Å². The van der Waals surface area contributed by atoms with Crippen LogP contribution >= 0.6 is 11.6 Å². The Morgan fingerprint density at radius 3 is 2.80 bits per heavy atom. The molecule has 1 aromatic heterocycles. The Bertz CT molecular complexity index is 262. The summed E-state index contributed by atoms with van der Waals surface area (Å²) in [5.41, 5.74) is 0.168. The van der Waals surface area contributed by atoms with E-state index in [1.54, 1.807) is 0 Å². The van der Waals surface area contributed by atoms with E-state index in [0.717, 1.165) is 0 Å². The molecule has 0 aliphatic carbocycles. The van der Waals surface area contributed by atoms with Crippen LogP contribution in [0.2, 0.25) is 5.02 Å². The maximum absolute atomic E-state index is 10.1. The minimum Gasteiger partial charge on any atom is -0.492 e. The summed E-state index contributed by atoms with van der Waals surface area (Å²) in [6.45, 7) is 0. The summed E-state index contributed by atoms with van der Waals surface area (Å²) in [7, 11) is 0. The van der Waals surface area contributed by atoms with Crippen molar-refractivity contribution in [1.82, 2.24) is 4.98 Å². The number of hydrogen-bond donors (Lipinski definition) is 1. The largest absolute Gasteiger partial charge is 0.492 e. The summed E-state index contributed by atoms with van der Waals surface area (Å²) in [6, 6.07) is 2.84. The lowest BCUT2D eigenvalue weighted by Crippen LogP contribution is -1.85. The van der Waals surface area contributed by atoms with Gasteiger partial charge in [0.15, 0.2) is 6.29 Å². The molecule has 0 fully saturated rings. The number of halogens is 1. The number of pyridine rings is 1. The van der Waals surface area contributed by atoms with E-state index >= 15 is 0 Å². The Morgan fingerprint density at radius 1 is 1.60 bits per heavy atom. The normalized spacial score (nSPS) is 9.30. The molecule has 3 nitrogen and oxygen atoms in total. The van der Waals surface area contributed by atoms with Gasteiger partial charge in [0.25, 0.3) is 0 Å². The summed E-state index contributed by atoms with van der Waals surface area (Å²) >= 11 is 5.41. The van der Waals surface area contributed by atoms with Gasteiger partial charge in [-0.25, -0.2) is 4.98 Å². The summed E-state index contributed by atoms with van der Waals surface area (Å²) in [4.78, 5) is 13.5. The number of aldehydes is 1. The van der Waals surface area contributed by atoms with Gasteiger partial charge < -0.3 is 5.11 Å². The Balaban J connectivity index is 3.16. The fourth-order valence-corrected chi connectivity index (χ4v) is 0.617. The van der Waals surface area contributed by atoms with Crippen LogP contribution < -0.4 is 0 Å². The molecule has 1 heterocycles. The second-order valence-electron chi connectivity index (χ2n) is 1.66. The number of rotatable bonds is 1. The molecule has 0 saturated carbocycles. The highest BCUT2D eigenvalue weighted by Gasteiger charge is 1.98. The average Bonchev–Trinajstić information content (AvgIpc) is 1.95. The Hall–Kier alpha value is -1.09. The SMILES string of the molecule is O=Cc1ccc(Cl)c(O)n1. The van der Waals surface area contributed by atoms with Crippen molar-refractivity contribution in [2.45, 2.75) is 0 Å². The van der Waals surface area contributed by atoms with Gasteiger partial charge in [-0.15, -0.1) is 0 Å². The molecule has 52 valence electrons. The van der Waals surface area contributed by atoms with Crippen LogP contribution in [-0.4, -0.2) is 16.4 Å². The molecule has 0 aliphatic heterocycles. The van der Waals surface area contributed by atoms with Crippen LogP contribution in [0.4, 0.5) is 0 Å². The molecular weight excluding hydrogens is 154 g/mol. The van der Waals surface area contributed by atoms with Crippen LogP contribution in [0.1, 0.15) is 10.5 Å². The Kier molecular flexibility index (Phi) is 1.87. The molecule has 0 saturated heterocycles. The van der Waals surface area contributed by atoms with Crippen molar-refractivity contribution >= 4 is 17.9 Å². The maximum atomic E-state index is 10.1. The second-order valence-corrected chi connectivity index (χ2v) is 2.07. The van der Waals surface area contributed by atoms with Crippen molar-refractivity contribution in [3.8, 4) is 5.88 Å². The van der Waals surface area contributed by atoms with E-state index in [9.17, 15) is 4.79 Å². The van der Waals surface area contributed by atoms with Gasteiger partial charge in [0.2, 0.25) is 5.88 Å². The fourth-order valence-electron chi connectivity index (χ4n) is 0.512. The molecule has 4 heteroatoms. The van der Waals surface area contributed by atoms with Crippen molar-refractivity contribution in [3.63, 3.8) is 0 Å². The molecular formula is C6H4ClNO2. The Labute approximate surface area is 62.3 Å². The lowest BCUT2D eigenvalue weighted by atomic mass is 10.4. The summed E-state index contributed by atoms with van der Waals surface area (Å²) < 4.78 is 0. The number of carbonyl (C=O) groups is 1. The van der Waals surface area contributed by atoms with Crippen LogP contribution in [0.5, 0.6) is 5.88 Å². The van der Waals surface area contributed by atoms with E-state index in [2.05, 4.69) is 4.98 Å². The minimum atomic E-state index is -0.314. The highest BCUT2D eigenvalue weighted by molar-refractivity contribution is 6.31. The summed E-state index contributed by atoms with van der Waals surface area (Å²) in [6.07, 6.45) is 0.538. The number of aromatic hydroxyl groups is 1. The molecule has 0 aromatic carbocycles. The molecule has 0 unspecified atom stereocenters. The van der Waals surface area contributed by atoms with E-state index in [1.165, 1.54) is 12.1 Å². The molecule has 0 radical (unpaired) electrons. The molecule has 1 rings (SSSR count). The standard InChI is InChI=1S/C6H4ClNO2/c7-5-2-1-4(3-9)8-6(5)10/h1-3H,(H,8,10). The van der Waals surface area contributed by atoms with Crippen molar-refractivity contribution in [3.05, 3.63) is 22.8 Å². The third-order valence-electron chi connectivity index (χ3n) is 0.970. The van der Waals surface area contributed by atoms with Gasteiger partial charge in [-0.05, 0) is 12.1 Å². The van der Waals surface area contributed by atoms with Crippen LogP contribution in [0.3, 0.4) is 0 Å². The molecule has 10 heavy (non-hydrogen) atoms. The topological polar surface area (TPSA) is 50.2 Å². The highest BCUT2D eigenvalue weighted by Crippen LogP contribution is 2.18. The van der Waals surface area contributed by atoms with Crippen LogP contribution in [0.25, 0.3) is 0 Å². The second kappa shape index (κ2) is 2.66. The van der Waals surface area contributed by atoms with E-state index in [1.807, 2.05) is 0 Å². The predicted molar refractivity (Wildman–Crippen MR) is 36.3 cm³/mol. The third kappa shape index (κ3) is 1.25. The summed E-state index contributed by atoms with van der Waals surface area (Å²) in [5.74, 6) is -0.314. The van der Waals surface area contributed by atoms with Gasteiger partial charge in [0.1, 0.15) is 10.7 Å². The average molecular weight is 158 g/mol. The predicted octanol–water partition coefficient (Wildman–Crippen LogP) is 1.25. The number of carbonyl (C=O) groups excluding carboxylic acids is 1. The van der Waals surface area contributed by atoms with Gasteiger partial charge in [-0.3, -0.25) is 4.79 Å². The first-order chi connectivity index (χ1) is 4.74. The monoisotopic (exact) mass is 157 g/mol. The van der Waals surface area contributed by atoms with E-state index < -0.39 is 0 Å². The lowest BCUT2D eigenvalue weighted by Gasteiger charge is -1.93. The first kappa shape index (κ1) is 7.02. The fraction of sp³-hybridized carbons (Fsp3) is 0. The molecule has 0 amide bonds. The summed E-state index contributed by atoms with van der Waals surface area (Å²) in [5, 5.41) is 8.97. The first-order valence-electron chi connectivity index (χ1n) is 2.54. The van der Waals surface area contributed by atoms with Gasteiger partial charge in [-0.2, -0.15) is 0 Å². The van der Waals surface area contributed by atoms with Gasteiger partial charge in [0, 0.05) is 0 Å². The minimum absolute atomic E-state index is 0.144. The molecule has 1 aromatic rings. The lowest BCUT2D eigenvalue weighted by molar-refractivity contribution is 0.111. The van der Waals surface area contributed by atoms with Gasteiger partial charge >= 0.3 is 0 Å². The van der Waals surface area contributed by atoms with Crippen LogP contribution in [0.15, 0.2) is 12.1 Å². The Morgan fingerprint density at radius 2 is 2.30 bits per heavy atom. The zero-order valence-corrected chi connectivity index (χ0v) is 5.67. The highest BCUT2D eigenvalue weighted by atomic mass is 35.5. The van der Waals surface area contributed by atoms with Gasteiger partial charge in [0.05, 0.1) is 0 Å². The zero-order chi connectivity index (χ0) is 7.56. The van der Waals surface area contributed by atoms with Gasteiger partial charge in [-0.1, -0.05) is 11.6 Å². The third-order valence-corrected chi connectivity index (χ3v) is 1.26. The molecule has 0 atom stereocenters. The quantitative estimate of drug-likeness (QED) is 0.625. The number of aromatic nitrogens is 1. The van der Waals surface area contributed by atoms with E-state index in [-0.39, 0.29) is 16.6 Å². The van der Waals surface area contributed by atoms with Crippen molar-refractivity contribution in [2.24, 2.45) is 0 Å². The van der Waals surface area contributed by atoms with Crippen molar-refractivity contribution in [2.75, 3.05) is 0 Å². The van der Waals surface area contributed by atoms with Crippen molar-refractivity contribution < 1.29 is 9.90 Å². The zero-order valence-electron chi connectivity index (χ0n) is 4.91. The number of hydrogen-bond acceptors (Lipinski definition) is 3. The van der Waals surface area contributed by atoms with Crippen LogP contribution in [-0.2, 0) is 0 Å². The molecule has 1 N–H and O–H groups in total. The maximum Gasteiger partial charge on any atom is 0.230 e. The molecule has 0 aliphatic rings. The van der Waals surface area contributed by atoms with E-state index in [0.29, 0.717) is 6.29 Å². The van der Waals surface area contributed by atoms with E-state index in [4.69, 9.17) is 16.7 Å². The van der Waals surface area contributed by atoms with Crippen molar-refractivity contribution in [1.29, 1.82) is 0 Å². The molecule has 0 spiro atoms.